The number of carbonyl (C=O) groups is 20. The van der Waals surface area contributed by atoms with Gasteiger partial charge in [0, 0.05) is 194 Å². The van der Waals surface area contributed by atoms with E-state index in [1.54, 1.807) is 0 Å². The van der Waals surface area contributed by atoms with Gasteiger partial charge in [0.1, 0.15) is 61.8 Å². The van der Waals surface area contributed by atoms with Gasteiger partial charge in [-0.15, -0.1) is 0 Å². The van der Waals surface area contributed by atoms with Crippen LogP contribution in [0.5, 0.6) is 0 Å². The van der Waals surface area contributed by atoms with E-state index in [1.807, 2.05) is 0 Å². The first-order valence-corrected chi connectivity index (χ1v) is 44.0. The van der Waals surface area contributed by atoms with Crippen LogP contribution in [0, 0.1) is 0 Å². The molecule has 3 rings (SSSR count). The summed E-state index contributed by atoms with van der Waals surface area (Å²) in [6.07, 6.45) is -13.7. The van der Waals surface area contributed by atoms with Crippen molar-refractivity contribution in [2.45, 2.75) is 296 Å². The number of carbonyl (C=O) groups excluding carboxylic acids is 19. The molecule has 0 bridgehead atoms. The van der Waals surface area contributed by atoms with Crippen molar-refractivity contribution in [1.29, 1.82) is 0 Å². The average Bonchev–Trinajstić information content (AvgIpc) is 0.794. The van der Waals surface area contributed by atoms with Crippen molar-refractivity contribution in [1.82, 2.24) is 53.2 Å². The van der Waals surface area contributed by atoms with Crippen LogP contribution < -0.4 is 53.2 Å². The summed E-state index contributed by atoms with van der Waals surface area (Å²) in [5.74, 6) is -12.5. The highest BCUT2D eigenvalue weighted by atomic mass is 16.7. The van der Waals surface area contributed by atoms with Crippen LogP contribution >= 0.6 is 0 Å². The molecule has 3 aliphatic heterocycles. The number of unbranched alkanes of at least 4 members (excludes halogenated alkanes) is 3. The third kappa shape index (κ3) is 51.2. The number of carboxylic acids is 1. The maximum Gasteiger partial charge on any atom is 0.303 e. The van der Waals surface area contributed by atoms with Gasteiger partial charge in [-0.1, -0.05) is 0 Å². The number of hydrogen-bond acceptors (Lipinski definition) is 38. The summed E-state index contributed by atoms with van der Waals surface area (Å²) in [6.45, 7) is 11.4. The molecule has 0 aromatic rings. The molecule has 3 heterocycles. The molecule has 15 atom stereocenters. The van der Waals surface area contributed by atoms with Crippen LogP contribution in [0.15, 0.2) is 0 Å². The van der Waals surface area contributed by atoms with Gasteiger partial charge < -0.3 is 144 Å². The highest BCUT2D eigenvalue weighted by molar-refractivity contribution is 5.80. The molecule has 3 aliphatic rings. The molecule has 0 radical (unpaired) electrons. The van der Waals surface area contributed by atoms with Crippen molar-refractivity contribution >= 4 is 119 Å². The van der Waals surface area contributed by atoms with E-state index in [4.69, 9.17) is 85.3 Å². The van der Waals surface area contributed by atoms with Gasteiger partial charge in [-0.3, -0.25) is 95.9 Å². The fourth-order valence-electron chi connectivity index (χ4n) is 13.5. The third-order valence-corrected chi connectivity index (χ3v) is 19.2. The molecular weight excluding hydrogens is 1770 g/mol. The second-order valence-electron chi connectivity index (χ2n) is 31.3. The predicted octanol–water partition coefficient (Wildman–Crippen LogP) is -2.29. The van der Waals surface area contributed by atoms with Crippen LogP contribution in [-0.4, -0.2) is 340 Å². The number of hydrogen-bond donors (Lipinski definition) is 11. The summed E-state index contributed by atoms with van der Waals surface area (Å²) in [5.41, 5.74) is -1.59. The van der Waals surface area contributed by atoms with Crippen molar-refractivity contribution in [2.75, 3.05) is 119 Å². The molecule has 11 N–H and O–H groups in total. The lowest BCUT2D eigenvalue weighted by Gasteiger charge is -2.44. The minimum atomic E-state index is -1.59. The number of nitrogens with one attached hydrogen (secondary N) is 10. The van der Waals surface area contributed by atoms with Gasteiger partial charge in [0.05, 0.1) is 39.6 Å². The molecule has 49 heteroatoms. The summed E-state index contributed by atoms with van der Waals surface area (Å²) in [4.78, 5) is 248. The Morgan fingerprint density at radius 2 is 0.511 bits per heavy atom. The third-order valence-electron chi connectivity index (χ3n) is 19.2. The van der Waals surface area contributed by atoms with E-state index in [9.17, 15) is 101 Å². The predicted molar refractivity (Wildman–Crippen MR) is 452 cm³/mol. The highest BCUT2D eigenvalue weighted by Gasteiger charge is 2.55. The number of ether oxygens (including phenoxy) is 18. The molecule has 0 spiro atoms. The zero-order valence-electron chi connectivity index (χ0n) is 77.6. The number of amides is 10. The van der Waals surface area contributed by atoms with E-state index in [0.29, 0.717) is 57.8 Å². The molecule has 0 saturated carbocycles. The van der Waals surface area contributed by atoms with Gasteiger partial charge in [0.25, 0.3) is 0 Å². The number of carboxylic acid groups (broad SMARTS) is 1. The quantitative estimate of drug-likeness (QED) is 0.0173. The van der Waals surface area contributed by atoms with E-state index in [2.05, 4.69) is 53.2 Å². The van der Waals surface area contributed by atoms with Crippen molar-refractivity contribution in [3.63, 3.8) is 0 Å². The zero-order valence-corrected chi connectivity index (χ0v) is 77.6. The summed E-state index contributed by atoms with van der Waals surface area (Å²) < 4.78 is 102. The molecule has 754 valence electrons. The Morgan fingerprint density at radius 1 is 0.271 bits per heavy atom. The molecule has 0 aromatic heterocycles. The summed E-state index contributed by atoms with van der Waals surface area (Å²) in [7, 11) is 0. The number of esters is 9. The smallest absolute Gasteiger partial charge is 0.303 e. The fourth-order valence-corrected chi connectivity index (χ4v) is 13.5. The molecule has 3 saturated heterocycles. The molecule has 6 unspecified atom stereocenters. The summed E-state index contributed by atoms with van der Waals surface area (Å²) in [6, 6.07) is -3.54. The normalized spacial score (nSPS) is 21.7. The van der Waals surface area contributed by atoms with E-state index in [1.165, 1.54) is 20.8 Å². The van der Waals surface area contributed by atoms with Crippen molar-refractivity contribution in [3.05, 3.63) is 0 Å². The van der Waals surface area contributed by atoms with Crippen LogP contribution in [0.1, 0.15) is 199 Å². The first-order chi connectivity index (χ1) is 63.1. The first-order valence-electron chi connectivity index (χ1n) is 44.0. The van der Waals surface area contributed by atoms with Gasteiger partial charge >= 0.3 is 59.7 Å². The summed E-state index contributed by atoms with van der Waals surface area (Å²) in [5, 5.41) is 36.5. The molecule has 49 nitrogen and oxygen atoms in total. The maximum atomic E-state index is 13.6. The number of aliphatic carboxylic acids is 1. The number of rotatable bonds is 65. The SMILES string of the molecule is CC(=O)N[C@H]1C(OC(C)=O)[C@@H](OC(C)=O)C(COC(C)=O)O[C@H]1OCCCCC(=O)NCCCNC(=O)CCOCC(COCCC(=O)NCCCNC(=O)CCCCO[C@@H]1OC(COC(C)=O)[C@H](OC(C)=O)C(OC(C)=O)[C@@H]1NC(C)=O)(COCCC(=O)NCCCNC(=O)CCCCO[C@@H]1OC(COC(C)=O)[C@H](OC(C)=O)C(OC(C)=O)[C@@H]1NC(C)=O)NC(=O)CCCC(=O)O. The minimum absolute atomic E-state index is 0.0251. The Balaban J connectivity index is 1.61. The largest absolute Gasteiger partial charge is 0.481 e. The second-order valence-corrected chi connectivity index (χ2v) is 31.3. The second kappa shape index (κ2) is 64.8. The zero-order chi connectivity index (χ0) is 99.0. The standard InChI is InChI=1S/C84H134N10O39/c1-49(95)91-72-78(128-58(10)104)75(125-55(7)101)61(43-122-52(4)98)131-81(72)119-37-16-13-23-64(107)85-31-20-34-88-67(110)28-40-116-46-84(94-70(113)26-19-27-71(114)115,47-117-41-29-68(111)89-35-21-32-86-65(108)24-14-17-38-120-82-73(92-50(2)96)79(129-59(11)105)76(126-56(8)102)62(132-82)44-123-53(5)99)48-118-42-30-69(112)90-36-22-33-87-66(109)25-15-18-39-121-83-74(93-51(3)97)80(130-60(12)106)77(127-57(9)103)63(133-83)45-124-54(6)100/h61-63,72-83H,13-48H2,1-12H3,(H,85,107)(H,86,108)(H,87,109)(H,88,110)(H,89,111)(H,90,112)(H,91,95)(H,92,96)(H,93,97)(H,94,113)(H,114,115)/t61?,62?,63?,72-,73-,74-,75-,76-,77-,78?,79?,80?,81+,82+,83+,84?/m0/s1. The van der Waals surface area contributed by atoms with Crippen LogP contribution in [0.3, 0.4) is 0 Å². The molecule has 133 heavy (non-hydrogen) atoms. The van der Waals surface area contributed by atoms with Gasteiger partial charge in [0.15, 0.2) is 55.5 Å². The van der Waals surface area contributed by atoms with Gasteiger partial charge in [-0.05, 0) is 64.2 Å². The van der Waals surface area contributed by atoms with Gasteiger partial charge in [-0.25, -0.2) is 0 Å². The lowest BCUT2D eigenvalue weighted by atomic mass is 9.96. The van der Waals surface area contributed by atoms with E-state index in [-0.39, 0.29) is 174 Å². The van der Waals surface area contributed by atoms with Crippen molar-refractivity contribution < 1.29 is 186 Å². The minimum Gasteiger partial charge on any atom is -0.481 e. The molecule has 3 fully saturated rings. The lowest BCUT2D eigenvalue weighted by molar-refractivity contribution is -0.277. The van der Waals surface area contributed by atoms with Gasteiger partial charge in [-0.2, -0.15) is 0 Å². The maximum absolute atomic E-state index is 13.6. The Hall–Kier alpha value is -11.0. The monoisotopic (exact) mass is 1910 g/mol. The molecule has 0 aromatic carbocycles. The van der Waals surface area contributed by atoms with Crippen LogP contribution in [0.2, 0.25) is 0 Å². The average molecular weight is 1910 g/mol. The Labute approximate surface area is 770 Å². The molecular formula is C84H134N10O39. The van der Waals surface area contributed by atoms with Crippen LogP contribution in [-0.2, 0) is 181 Å². The first kappa shape index (κ1) is 116. The van der Waals surface area contributed by atoms with Gasteiger partial charge in [0.2, 0.25) is 59.1 Å². The van der Waals surface area contributed by atoms with Crippen LogP contribution in [0.4, 0.5) is 0 Å². The lowest BCUT2D eigenvalue weighted by Crippen LogP contribution is -2.66. The summed E-state index contributed by atoms with van der Waals surface area (Å²) >= 11 is 0. The topological polar surface area (TPSA) is 648 Å². The Kier molecular flexibility index (Phi) is 56.6. The van der Waals surface area contributed by atoms with E-state index in [0.717, 1.165) is 62.3 Å². The molecule has 10 amide bonds. The van der Waals surface area contributed by atoms with Crippen LogP contribution in [0.25, 0.3) is 0 Å². The van der Waals surface area contributed by atoms with Crippen molar-refractivity contribution in [2.24, 2.45) is 0 Å². The Bertz CT molecular complexity index is 3440. The highest BCUT2D eigenvalue weighted by Crippen LogP contribution is 2.32. The fraction of sp³-hybridized carbons (Fsp3) is 0.762. The van der Waals surface area contributed by atoms with E-state index < -0.39 is 218 Å². The van der Waals surface area contributed by atoms with Crippen molar-refractivity contribution in [3.8, 4) is 0 Å². The van der Waals surface area contributed by atoms with E-state index >= 15 is 0 Å². The Morgan fingerprint density at radius 3 is 0.744 bits per heavy atom. The molecule has 0 aliphatic carbocycles.